The maximum absolute atomic E-state index is 10.9. The van der Waals surface area contributed by atoms with Crippen LogP contribution in [0.4, 0.5) is 0 Å². The van der Waals surface area contributed by atoms with Gasteiger partial charge < -0.3 is 9.52 Å². The van der Waals surface area contributed by atoms with Crippen LogP contribution < -0.4 is 0 Å². The quantitative estimate of drug-likeness (QED) is 0.915. The van der Waals surface area contributed by atoms with Crippen LogP contribution in [0.2, 0.25) is 0 Å². The zero-order chi connectivity index (χ0) is 14.0. The molecule has 0 fully saturated rings. The van der Waals surface area contributed by atoms with Crippen molar-refractivity contribution in [2.75, 3.05) is 0 Å². The van der Waals surface area contributed by atoms with Crippen LogP contribution in [-0.4, -0.2) is 16.1 Å². The Balaban J connectivity index is 2.42. The number of carboxylic acid groups (broad SMARTS) is 1. The van der Waals surface area contributed by atoms with Crippen molar-refractivity contribution < 1.29 is 14.3 Å². The highest BCUT2D eigenvalue weighted by atomic mass is 16.4. The maximum atomic E-state index is 10.9. The molecule has 1 heterocycles. The van der Waals surface area contributed by atoms with E-state index < -0.39 is 5.97 Å². The van der Waals surface area contributed by atoms with Gasteiger partial charge in [0.05, 0.1) is 11.3 Å². The number of carboxylic acids is 1. The van der Waals surface area contributed by atoms with Crippen molar-refractivity contribution in [1.29, 1.82) is 0 Å². The van der Waals surface area contributed by atoms with Crippen LogP contribution in [0.15, 0.2) is 41.3 Å². The lowest BCUT2D eigenvalue weighted by atomic mass is 9.75. The molecule has 1 atom stereocenters. The van der Waals surface area contributed by atoms with Crippen molar-refractivity contribution in [3.05, 3.63) is 53.7 Å². The van der Waals surface area contributed by atoms with Crippen molar-refractivity contribution in [2.45, 2.75) is 26.7 Å². The Hall–Kier alpha value is -2.10. The molecule has 0 aliphatic rings. The molecular formula is C15H17NO3. The summed E-state index contributed by atoms with van der Waals surface area (Å²) >= 11 is 0. The van der Waals surface area contributed by atoms with E-state index >= 15 is 0 Å². The smallest absolute Gasteiger partial charge is 0.335 e. The first-order chi connectivity index (χ1) is 8.89. The number of oxazole rings is 1. The minimum Gasteiger partial charge on any atom is -0.478 e. The second-order valence-corrected chi connectivity index (χ2v) is 5.64. The third-order valence-electron chi connectivity index (χ3n) is 3.10. The highest BCUT2D eigenvalue weighted by Gasteiger charge is 2.29. The summed E-state index contributed by atoms with van der Waals surface area (Å²) in [5, 5.41) is 8.93. The monoisotopic (exact) mass is 259 g/mol. The molecule has 4 heteroatoms. The summed E-state index contributed by atoms with van der Waals surface area (Å²) in [7, 11) is 0. The lowest BCUT2D eigenvalue weighted by molar-refractivity contribution is 0.0697. The number of aromatic nitrogens is 1. The second kappa shape index (κ2) is 4.88. The summed E-state index contributed by atoms with van der Waals surface area (Å²) in [5.41, 5.74) is 2.14. The molecule has 1 N–H and O–H groups in total. The molecule has 1 aromatic heterocycles. The average Bonchev–Trinajstić information content (AvgIpc) is 2.81. The van der Waals surface area contributed by atoms with Gasteiger partial charge in [0, 0.05) is 5.92 Å². The predicted molar refractivity (Wildman–Crippen MR) is 71.2 cm³/mol. The van der Waals surface area contributed by atoms with Crippen LogP contribution >= 0.6 is 0 Å². The van der Waals surface area contributed by atoms with Crippen molar-refractivity contribution in [3.63, 3.8) is 0 Å². The third-order valence-corrected chi connectivity index (χ3v) is 3.10. The van der Waals surface area contributed by atoms with E-state index in [2.05, 4.69) is 25.8 Å². The molecule has 1 unspecified atom stereocenters. The molecule has 100 valence electrons. The van der Waals surface area contributed by atoms with Crippen molar-refractivity contribution in [2.24, 2.45) is 5.41 Å². The topological polar surface area (TPSA) is 63.3 Å². The number of carbonyl (C=O) groups is 1. The normalized spacial score (nSPS) is 13.2. The average molecular weight is 259 g/mol. The summed E-state index contributed by atoms with van der Waals surface area (Å²) in [4.78, 5) is 15.1. The Kier molecular flexibility index (Phi) is 3.42. The van der Waals surface area contributed by atoms with Gasteiger partial charge in [-0.3, -0.25) is 0 Å². The molecule has 2 aromatic rings. The van der Waals surface area contributed by atoms with Crippen molar-refractivity contribution >= 4 is 5.97 Å². The standard InChI is InChI=1S/C15H17NO3/c1-15(2,3)13(12-8-19-9-16-12)10-4-6-11(7-5-10)14(17)18/h4-9,13H,1-3H3,(H,17,18). The highest BCUT2D eigenvalue weighted by Crippen LogP contribution is 2.39. The Labute approximate surface area is 112 Å². The number of aromatic carboxylic acids is 1. The largest absolute Gasteiger partial charge is 0.478 e. The van der Waals surface area contributed by atoms with Gasteiger partial charge in [-0.05, 0) is 23.1 Å². The van der Waals surface area contributed by atoms with E-state index in [-0.39, 0.29) is 16.9 Å². The predicted octanol–water partition coefficient (Wildman–Crippen LogP) is 3.55. The van der Waals surface area contributed by atoms with Gasteiger partial charge in [-0.1, -0.05) is 32.9 Å². The van der Waals surface area contributed by atoms with E-state index in [1.165, 1.54) is 6.39 Å². The highest BCUT2D eigenvalue weighted by molar-refractivity contribution is 5.87. The van der Waals surface area contributed by atoms with Crippen LogP contribution in [0.5, 0.6) is 0 Å². The van der Waals surface area contributed by atoms with Crippen LogP contribution in [0, 0.1) is 5.41 Å². The van der Waals surface area contributed by atoms with Crippen LogP contribution in [0.25, 0.3) is 0 Å². The molecule has 0 aliphatic carbocycles. The molecule has 0 amide bonds. The van der Waals surface area contributed by atoms with Crippen molar-refractivity contribution in [1.82, 2.24) is 4.98 Å². The Morgan fingerprint density at radius 1 is 1.26 bits per heavy atom. The zero-order valence-electron chi connectivity index (χ0n) is 11.3. The van der Waals surface area contributed by atoms with Gasteiger partial charge >= 0.3 is 5.97 Å². The van der Waals surface area contributed by atoms with E-state index in [0.29, 0.717) is 0 Å². The SMILES string of the molecule is CC(C)(C)C(c1ccc(C(=O)O)cc1)c1cocn1. The first-order valence-electron chi connectivity index (χ1n) is 6.11. The van der Waals surface area contributed by atoms with Gasteiger partial charge in [0.15, 0.2) is 6.39 Å². The fraction of sp³-hybridized carbons (Fsp3) is 0.333. The molecule has 0 saturated heterocycles. The number of nitrogens with zero attached hydrogens (tertiary/aromatic N) is 1. The summed E-state index contributed by atoms with van der Waals surface area (Å²) < 4.78 is 5.07. The first-order valence-corrected chi connectivity index (χ1v) is 6.11. The van der Waals surface area contributed by atoms with Crippen LogP contribution in [-0.2, 0) is 0 Å². The molecule has 0 spiro atoms. The first kappa shape index (κ1) is 13.3. The summed E-state index contributed by atoms with van der Waals surface area (Å²) in [6, 6.07) is 6.93. The number of rotatable bonds is 3. The molecule has 0 radical (unpaired) electrons. The summed E-state index contributed by atoms with van der Waals surface area (Å²) in [5.74, 6) is -0.852. The van der Waals surface area contributed by atoms with E-state index in [4.69, 9.17) is 9.52 Å². The van der Waals surface area contributed by atoms with Crippen LogP contribution in [0.1, 0.15) is 48.3 Å². The van der Waals surface area contributed by atoms with Gasteiger partial charge in [0.25, 0.3) is 0 Å². The summed E-state index contributed by atoms with van der Waals surface area (Å²) in [6.07, 6.45) is 3.06. The van der Waals surface area contributed by atoms with Gasteiger partial charge in [-0.15, -0.1) is 0 Å². The van der Waals surface area contributed by atoms with Crippen molar-refractivity contribution in [3.8, 4) is 0 Å². The van der Waals surface area contributed by atoms with E-state index in [9.17, 15) is 4.79 Å². The molecule has 0 saturated carbocycles. The molecule has 0 aliphatic heterocycles. The minimum atomic E-state index is -0.916. The Bertz CT molecular complexity index is 550. The van der Waals surface area contributed by atoms with E-state index in [0.717, 1.165) is 11.3 Å². The molecule has 1 aromatic carbocycles. The Morgan fingerprint density at radius 3 is 2.32 bits per heavy atom. The number of benzene rings is 1. The van der Waals surface area contributed by atoms with Gasteiger partial charge in [0.1, 0.15) is 6.26 Å². The fourth-order valence-corrected chi connectivity index (χ4v) is 2.30. The molecule has 4 nitrogen and oxygen atoms in total. The summed E-state index contributed by atoms with van der Waals surface area (Å²) in [6.45, 7) is 6.37. The number of hydrogen-bond acceptors (Lipinski definition) is 3. The molecule has 0 bridgehead atoms. The Morgan fingerprint density at radius 2 is 1.89 bits per heavy atom. The molecule has 19 heavy (non-hydrogen) atoms. The zero-order valence-corrected chi connectivity index (χ0v) is 11.3. The minimum absolute atomic E-state index is 0.0401. The van der Waals surface area contributed by atoms with Gasteiger partial charge in [-0.2, -0.15) is 0 Å². The lowest BCUT2D eigenvalue weighted by Gasteiger charge is -2.29. The van der Waals surface area contributed by atoms with Crippen LogP contribution in [0.3, 0.4) is 0 Å². The molecular weight excluding hydrogens is 242 g/mol. The molecule has 2 rings (SSSR count). The van der Waals surface area contributed by atoms with Gasteiger partial charge in [-0.25, -0.2) is 9.78 Å². The lowest BCUT2D eigenvalue weighted by Crippen LogP contribution is -2.20. The fourth-order valence-electron chi connectivity index (χ4n) is 2.30. The maximum Gasteiger partial charge on any atom is 0.335 e. The second-order valence-electron chi connectivity index (χ2n) is 5.64. The number of hydrogen-bond donors (Lipinski definition) is 1. The van der Waals surface area contributed by atoms with E-state index in [1.807, 2.05) is 12.1 Å². The van der Waals surface area contributed by atoms with E-state index in [1.54, 1.807) is 18.4 Å². The third kappa shape index (κ3) is 2.84. The van der Waals surface area contributed by atoms with Gasteiger partial charge in [0.2, 0.25) is 0 Å².